The number of furan rings is 1. The lowest BCUT2D eigenvalue weighted by Crippen LogP contribution is -2.23. The Bertz CT molecular complexity index is 608. The van der Waals surface area contributed by atoms with Crippen molar-refractivity contribution in [2.45, 2.75) is 6.04 Å². The van der Waals surface area contributed by atoms with Crippen molar-refractivity contribution < 1.29 is 14.4 Å². The van der Waals surface area contributed by atoms with Gasteiger partial charge >= 0.3 is 0 Å². The van der Waals surface area contributed by atoms with E-state index >= 15 is 0 Å². The highest BCUT2D eigenvalue weighted by Gasteiger charge is 2.11. The number of nitro benzene ring substituents is 1. The Morgan fingerprint density at radius 3 is 2.81 bits per heavy atom. The van der Waals surface area contributed by atoms with Gasteiger partial charge < -0.3 is 14.8 Å². The molecule has 110 valence electrons. The molecule has 2 rings (SSSR count). The fourth-order valence-electron chi connectivity index (χ4n) is 1.94. The number of nitrogens with one attached hydrogen (secondary N) is 1. The van der Waals surface area contributed by atoms with Crippen molar-refractivity contribution >= 4 is 11.8 Å². The topological polar surface area (TPSA) is 88.5 Å². The molecular weight excluding hydrogens is 272 g/mol. The second-order valence-corrected chi connectivity index (χ2v) is 4.38. The van der Waals surface area contributed by atoms with Gasteiger partial charge in [0, 0.05) is 12.6 Å². The molecule has 0 spiro atoms. The highest BCUT2D eigenvalue weighted by Crippen LogP contribution is 2.19. The zero-order valence-corrected chi connectivity index (χ0v) is 11.3. The Morgan fingerprint density at radius 2 is 2.14 bits per heavy atom. The molecule has 21 heavy (non-hydrogen) atoms. The molecule has 0 aliphatic carbocycles. The summed E-state index contributed by atoms with van der Waals surface area (Å²) >= 11 is 0. The Morgan fingerprint density at radius 1 is 1.33 bits per heavy atom. The number of nitrogens with zero attached hydrogens (tertiary/aromatic N) is 1. The predicted octanol–water partition coefficient (Wildman–Crippen LogP) is 2.52. The quantitative estimate of drug-likeness (QED) is 0.603. The van der Waals surface area contributed by atoms with Gasteiger partial charge in [-0.25, -0.2) is 0 Å². The minimum Gasteiger partial charge on any atom is -0.468 e. The molecule has 1 aromatic heterocycles. The van der Waals surface area contributed by atoms with Crippen LogP contribution in [0.2, 0.25) is 0 Å². The molecule has 1 heterocycles. The molecular formula is C15H16N2O4. The van der Waals surface area contributed by atoms with Gasteiger partial charge in [-0.2, -0.15) is 0 Å². The van der Waals surface area contributed by atoms with Gasteiger partial charge in [0.1, 0.15) is 5.76 Å². The first-order valence-corrected chi connectivity index (χ1v) is 6.50. The van der Waals surface area contributed by atoms with Crippen molar-refractivity contribution in [1.29, 1.82) is 0 Å². The Kier molecular flexibility index (Phi) is 5.25. The van der Waals surface area contributed by atoms with Crippen molar-refractivity contribution in [2.24, 2.45) is 0 Å². The van der Waals surface area contributed by atoms with E-state index in [1.807, 2.05) is 0 Å². The van der Waals surface area contributed by atoms with Crippen LogP contribution in [0.15, 0.2) is 53.2 Å². The van der Waals surface area contributed by atoms with Gasteiger partial charge in [-0.05, 0) is 18.2 Å². The summed E-state index contributed by atoms with van der Waals surface area (Å²) in [6.07, 6.45) is 5.00. The Labute approximate surface area is 121 Å². The van der Waals surface area contributed by atoms with Gasteiger partial charge in [0.25, 0.3) is 5.69 Å². The standard InChI is InChI=1S/C15H16N2O4/c18-11-13(15-8-4-10-21-15)16-9-3-6-12-5-1-2-7-14(12)17(19)20/h1-8,10,13,16,18H,9,11H2/b6-3+. The van der Waals surface area contributed by atoms with Gasteiger partial charge in [0.15, 0.2) is 0 Å². The second-order valence-electron chi connectivity index (χ2n) is 4.38. The highest BCUT2D eigenvalue weighted by atomic mass is 16.6. The number of aliphatic hydroxyl groups excluding tert-OH is 1. The SMILES string of the molecule is O=[N+]([O-])c1ccccc1/C=C/CNC(CO)c1ccco1. The summed E-state index contributed by atoms with van der Waals surface area (Å²) in [6, 6.07) is 9.77. The van der Waals surface area contributed by atoms with Gasteiger partial charge in [-0.3, -0.25) is 10.1 Å². The molecule has 6 heteroatoms. The zero-order chi connectivity index (χ0) is 15.1. The van der Waals surface area contributed by atoms with Gasteiger partial charge in [0.2, 0.25) is 0 Å². The van der Waals surface area contributed by atoms with Crippen molar-refractivity contribution in [3.05, 3.63) is 70.2 Å². The lowest BCUT2D eigenvalue weighted by Gasteiger charge is -2.11. The summed E-state index contributed by atoms with van der Waals surface area (Å²) < 4.78 is 5.22. The molecule has 2 aromatic rings. The van der Waals surface area contributed by atoms with Gasteiger partial charge in [0.05, 0.1) is 29.4 Å². The number of hydrogen-bond acceptors (Lipinski definition) is 5. The van der Waals surface area contributed by atoms with E-state index in [4.69, 9.17) is 4.42 Å². The smallest absolute Gasteiger partial charge is 0.276 e. The van der Waals surface area contributed by atoms with Crippen molar-refractivity contribution in [1.82, 2.24) is 5.32 Å². The van der Waals surface area contributed by atoms with E-state index in [1.54, 1.807) is 48.7 Å². The van der Waals surface area contributed by atoms with E-state index < -0.39 is 4.92 Å². The summed E-state index contributed by atoms with van der Waals surface area (Å²) in [4.78, 5) is 10.5. The first-order valence-electron chi connectivity index (χ1n) is 6.50. The summed E-state index contributed by atoms with van der Waals surface area (Å²) in [5.74, 6) is 0.650. The first kappa shape index (κ1) is 15.0. The van der Waals surface area contributed by atoms with E-state index in [0.29, 0.717) is 17.9 Å². The number of hydrogen-bond donors (Lipinski definition) is 2. The zero-order valence-electron chi connectivity index (χ0n) is 11.3. The van der Waals surface area contributed by atoms with Crippen LogP contribution in [0.3, 0.4) is 0 Å². The fraction of sp³-hybridized carbons (Fsp3) is 0.200. The maximum atomic E-state index is 10.9. The molecule has 2 N–H and O–H groups in total. The Hall–Kier alpha value is -2.44. The van der Waals surface area contributed by atoms with Gasteiger partial charge in [-0.1, -0.05) is 24.3 Å². The number of aliphatic hydroxyl groups is 1. The molecule has 0 amide bonds. The fourth-order valence-corrected chi connectivity index (χ4v) is 1.94. The monoisotopic (exact) mass is 288 g/mol. The number of benzene rings is 1. The van der Waals surface area contributed by atoms with Gasteiger partial charge in [-0.15, -0.1) is 0 Å². The maximum absolute atomic E-state index is 10.9. The number of para-hydroxylation sites is 1. The molecule has 0 radical (unpaired) electrons. The second kappa shape index (κ2) is 7.37. The van der Waals surface area contributed by atoms with Crippen LogP contribution in [-0.2, 0) is 0 Å². The third-order valence-electron chi connectivity index (χ3n) is 2.98. The lowest BCUT2D eigenvalue weighted by molar-refractivity contribution is -0.385. The molecule has 0 saturated carbocycles. The lowest BCUT2D eigenvalue weighted by atomic mass is 10.1. The van der Waals surface area contributed by atoms with Crippen LogP contribution in [0, 0.1) is 10.1 Å². The molecule has 0 saturated heterocycles. The van der Waals surface area contributed by atoms with E-state index in [1.165, 1.54) is 6.07 Å². The summed E-state index contributed by atoms with van der Waals surface area (Å²) in [7, 11) is 0. The van der Waals surface area contributed by atoms with E-state index in [0.717, 1.165) is 0 Å². The molecule has 0 bridgehead atoms. The average Bonchev–Trinajstić information content (AvgIpc) is 3.01. The maximum Gasteiger partial charge on any atom is 0.276 e. The molecule has 6 nitrogen and oxygen atoms in total. The normalized spacial score (nSPS) is 12.6. The van der Waals surface area contributed by atoms with Crippen LogP contribution in [0.5, 0.6) is 0 Å². The summed E-state index contributed by atoms with van der Waals surface area (Å²) in [5.41, 5.74) is 0.612. The average molecular weight is 288 g/mol. The Balaban J connectivity index is 1.95. The molecule has 0 fully saturated rings. The van der Waals surface area contributed by atoms with Crippen molar-refractivity contribution in [2.75, 3.05) is 13.2 Å². The minimum atomic E-state index is -0.410. The molecule has 1 atom stereocenters. The van der Waals surface area contributed by atoms with Crippen LogP contribution >= 0.6 is 0 Å². The molecule has 1 aromatic carbocycles. The van der Waals surface area contributed by atoms with Crippen LogP contribution < -0.4 is 5.32 Å². The molecule has 1 unspecified atom stereocenters. The summed E-state index contributed by atoms with van der Waals surface area (Å²) in [6.45, 7) is 0.366. The summed E-state index contributed by atoms with van der Waals surface area (Å²) in [5, 5.41) is 23.3. The van der Waals surface area contributed by atoms with E-state index in [-0.39, 0.29) is 18.3 Å². The predicted molar refractivity (Wildman–Crippen MR) is 78.7 cm³/mol. The van der Waals surface area contributed by atoms with E-state index in [9.17, 15) is 15.2 Å². The highest BCUT2D eigenvalue weighted by molar-refractivity contribution is 5.60. The van der Waals surface area contributed by atoms with Crippen LogP contribution in [0.4, 0.5) is 5.69 Å². The van der Waals surface area contributed by atoms with E-state index in [2.05, 4.69) is 5.32 Å². The van der Waals surface area contributed by atoms with Crippen molar-refractivity contribution in [3.63, 3.8) is 0 Å². The number of rotatable bonds is 7. The molecule has 0 aliphatic rings. The van der Waals surface area contributed by atoms with Crippen LogP contribution in [-0.4, -0.2) is 23.2 Å². The minimum absolute atomic E-state index is 0.0680. The number of nitro groups is 1. The van der Waals surface area contributed by atoms with Crippen LogP contribution in [0.25, 0.3) is 6.08 Å². The third kappa shape index (κ3) is 4.01. The first-order chi connectivity index (χ1) is 10.2. The molecule has 0 aliphatic heterocycles. The van der Waals surface area contributed by atoms with Crippen LogP contribution in [0.1, 0.15) is 17.4 Å². The third-order valence-corrected chi connectivity index (χ3v) is 2.98. The largest absolute Gasteiger partial charge is 0.468 e. The van der Waals surface area contributed by atoms with Crippen molar-refractivity contribution in [3.8, 4) is 0 Å².